The highest BCUT2D eigenvalue weighted by molar-refractivity contribution is 5.97. The molecule has 0 saturated carbocycles. The molecule has 8 rings (SSSR count). The van der Waals surface area contributed by atoms with Crippen LogP contribution in [0.1, 0.15) is 129 Å². The van der Waals surface area contributed by atoms with Gasteiger partial charge in [0.2, 0.25) is 0 Å². The van der Waals surface area contributed by atoms with Crippen LogP contribution in [0.3, 0.4) is 0 Å². The van der Waals surface area contributed by atoms with E-state index in [4.69, 9.17) is 17.3 Å². The molecule has 0 radical (unpaired) electrons. The van der Waals surface area contributed by atoms with Crippen molar-refractivity contribution >= 4 is 17.1 Å². The number of pyridine rings is 1. The number of phenolic OH excluding ortho intramolecular Hbond substituents is 1. The average molecular weight is 827 g/mol. The Morgan fingerprint density at radius 1 is 0.516 bits per heavy atom. The number of benzene rings is 6. The Labute approximate surface area is 383 Å². The number of rotatable bonds is 6. The summed E-state index contributed by atoms with van der Waals surface area (Å²) in [6, 6.07) is 44.4. The monoisotopic (exact) mass is 827 g/mol. The van der Waals surface area contributed by atoms with E-state index < -0.39 is 43.1 Å². The maximum absolute atomic E-state index is 12.6. The first-order valence-corrected chi connectivity index (χ1v) is 21.4. The van der Waals surface area contributed by atoms with Gasteiger partial charge in [-0.15, -0.1) is 0 Å². The molecule has 1 aliphatic heterocycles. The molecule has 0 amide bonds. The zero-order valence-corrected chi connectivity index (χ0v) is 37.3. The number of fused-ring (bicyclic) bond motifs is 1. The maximum atomic E-state index is 12.6. The number of hydrogen-bond donors (Lipinski definition) is 2. The van der Waals surface area contributed by atoms with Crippen molar-refractivity contribution < 1.29 is 17.4 Å². The van der Waals surface area contributed by atoms with Gasteiger partial charge in [-0.05, 0) is 115 Å². The lowest BCUT2D eigenvalue weighted by Crippen LogP contribution is -2.26. The second-order valence-electron chi connectivity index (χ2n) is 19.8. The molecule has 0 saturated heterocycles. The molecule has 4 nitrogen and oxygen atoms in total. The summed E-state index contributed by atoms with van der Waals surface area (Å²) in [6.07, 6.45) is 0.897. The third-order valence-corrected chi connectivity index (χ3v) is 12.0. The molecule has 62 heavy (non-hydrogen) atoms. The lowest BCUT2D eigenvalue weighted by Gasteiger charge is -2.34. The minimum atomic E-state index is -3.52. The van der Waals surface area contributed by atoms with Gasteiger partial charge in [0.1, 0.15) is 11.9 Å². The Kier molecular flexibility index (Phi) is 8.22. The number of hydrogen-bond acceptors (Lipinski definition) is 4. The Balaban J connectivity index is 1.47. The first-order valence-electron chi connectivity index (χ1n) is 25.9. The lowest BCUT2D eigenvalue weighted by atomic mass is 9.78. The van der Waals surface area contributed by atoms with Crippen LogP contribution in [0.2, 0.25) is 0 Å². The quantitative estimate of drug-likeness (QED) is 0.175. The summed E-state index contributed by atoms with van der Waals surface area (Å²) >= 11 is 0. The van der Waals surface area contributed by atoms with Crippen LogP contribution < -0.4 is 10.2 Å². The number of para-hydroxylation sites is 1. The van der Waals surface area contributed by atoms with E-state index in [2.05, 4.69) is 115 Å². The molecule has 0 bridgehead atoms. The van der Waals surface area contributed by atoms with E-state index in [0.29, 0.717) is 33.6 Å². The summed E-state index contributed by atoms with van der Waals surface area (Å²) in [6.45, 7) is 8.65. The summed E-state index contributed by atoms with van der Waals surface area (Å²) in [5, 5.41) is 16.5. The van der Waals surface area contributed by atoms with Crippen molar-refractivity contribution in [2.75, 3.05) is 10.2 Å². The third kappa shape index (κ3) is 8.28. The summed E-state index contributed by atoms with van der Waals surface area (Å²) in [5.74, 6) is 0.140. The second-order valence-corrected chi connectivity index (χ2v) is 19.8. The van der Waals surface area contributed by atoms with Crippen LogP contribution in [-0.2, 0) is 21.7 Å². The Hall–Kier alpha value is -6.13. The highest BCUT2D eigenvalue weighted by Crippen LogP contribution is 2.55. The van der Waals surface area contributed by atoms with Crippen molar-refractivity contribution in [1.29, 1.82) is 0 Å². The van der Waals surface area contributed by atoms with Crippen LogP contribution in [0, 0.1) is 0 Å². The molecule has 2 heterocycles. The molecule has 7 aromatic rings. The van der Waals surface area contributed by atoms with E-state index in [0.717, 1.165) is 50.3 Å². The first-order chi connectivity index (χ1) is 32.9. The third-order valence-electron chi connectivity index (χ3n) is 12.0. The topological polar surface area (TPSA) is 48.4 Å². The fourth-order valence-electron chi connectivity index (χ4n) is 8.44. The molecule has 1 aliphatic rings. The van der Waals surface area contributed by atoms with Crippen LogP contribution in [0.25, 0.3) is 44.6 Å². The van der Waals surface area contributed by atoms with E-state index in [9.17, 15) is 5.11 Å². The van der Waals surface area contributed by atoms with Gasteiger partial charge in [-0.25, -0.2) is 0 Å². The molecule has 0 aliphatic carbocycles. The molecule has 1 unspecified atom stereocenters. The molecule has 2 N–H and O–H groups in total. The van der Waals surface area contributed by atoms with Crippen molar-refractivity contribution in [1.82, 2.24) is 4.98 Å². The van der Waals surface area contributed by atoms with Crippen LogP contribution in [0.5, 0.6) is 5.75 Å². The van der Waals surface area contributed by atoms with Crippen molar-refractivity contribution in [2.45, 2.75) is 111 Å². The van der Waals surface area contributed by atoms with Gasteiger partial charge >= 0.3 is 0 Å². The van der Waals surface area contributed by atoms with Gasteiger partial charge in [0.25, 0.3) is 0 Å². The van der Waals surface area contributed by atoms with Crippen molar-refractivity contribution in [2.24, 2.45) is 0 Å². The van der Waals surface area contributed by atoms with Crippen molar-refractivity contribution in [3.05, 3.63) is 174 Å². The second kappa shape index (κ2) is 15.6. The predicted molar refractivity (Wildman–Crippen MR) is 264 cm³/mol. The molecule has 1 atom stereocenters. The Morgan fingerprint density at radius 2 is 1.16 bits per heavy atom. The van der Waals surface area contributed by atoms with Gasteiger partial charge in [0.15, 0.2) is 0 Å². The average Bonchev–Trinajstić information content (AvgIpc) is 3.66. The molecule has 0 fully saturated rings. The Bertz CT molecular complexity index is 3070. The zero-order chi connectivity index (χ0) is 51.9. The van der Waals surface area contributed by atoms with Crippen LogP contribution >= 0.6 is 0 Å². The zero-order valence-electron chi connectivity index (χ0n) is 46.3. The summed E-state index contributed by atoms with van der Waals surface area (Å²) in [7, 11) is 0. The number of aromatic nitrogens is 1. The molecule has 4 heteroatoms. The number of anilines is 3. The number of nitrogens with zero attached hydrogens (tertiary/aromatic N) is 2. The van der Waals surface area contributed by atoms with Crippen molar-refractivity contribution in [3.8, 4) is 50.4 Å². The molecular weight excluding hydrogens is 755 g/mol. The smallest absolute Gasteiger partial charge is 0.134 e. The highest BCUT2D eigenvalue weighted by Gasteiger charge is 2.38. The van der Waals surface area contributed by atoms with Crippen LogP contribution in [-0.4, -0.2) is 10.1 Å². The maximum Gasteiger partial charge on any atom is 0.134 e. The van der Waals surface area contributed by atoms with Gasteiger partial charge in [0.05, 0.1) is 22.8 Å². The summed E-state index contributed by atoms with van der Waals surface area (Å²) in [5.41, 5.74) is 6.33. The first kappa shape index (κ1) is 32.6. The van der Waals surface area contributed by atoms with Gasteiger partial charge in [-0.1, -0.05) is 174 Å². The number of phenols is 1. The molecule has 1 aromatic heterocycles. The van der Waals surface area contributed by atoms with Crippen LogP contribution in [0.15, 0.2) is 146 Å². The molecule has 6 aromatic carbocycles. The van der Waals surface area contributed by atoms with Gasteiger partial charge in [-0.3, -0.25) is 4.98 Å². The largest absolute Gasteiger partial charge is 0.507 e. The number of nitrogens with one attached hydrogen (secondary N) is 1. The summed E-state index contributed by atoms with van der Waals surface area (Å²) in [4.78, 5) is 6.90. The predicted octanol–water partition coefficient (Wildman–Crippen LogP) is 15.9. The molecular formula is C58H63N3O. The van der Waals surface area contributed by atoms with Gasteiger partial charge < -0.3 is 15.3 Å². The van der Waals surface area contributed by atoms with Crippen LogP contribution in [0.4, 0.5) is 17.1 Å². The van der Waals surface area contributed by atoms with E-state index >= 15 is 0 Å². The van der Waals surface area contributed by atoms with E-state index in [1.165, 1.54) is 12.1 Å². The standard InChI is InChI=1S/C58H63N3O/c1-55(2,3)42-26-27-50(46(34-42)38-22-17-14-18-23-38)61-51-25-19-24-45(52(51)60-54(61)47-35-44(57(7,8)9)36-48(53(47)62)58(10,11)12)40-30-41(32-43(31-40)56(4,5)6)49-33-39(28-29-59-49)37-20-15-13-16-21-37/h13-36,54,60,62H,1-12H3/i4D3,5D3,6D3. The molecule has 316 valence electrons. The van der Waals surface area contributed by atoms with Crippen molar-refractivity contribution in [3.63, 3.8) is 0 Å². The molecule has 0 spiro atoms. The fourth-order valence-corrected chi connectivity index (χ4v) is 8.44. The minimum Gasteiger partial charge on any atom is -0.507 e. The van der Waals surface area contributed by atoms with E-state index in [1.54, 1.807) is 6.20 Å². The van der Waals surface area contributed by atoms with Gasteiger partial charge in [0, 0.05) is 40.8 Å². The summed E-state index contributed by atoms with van der Waals surface area (Å²) < 4.78 is 79.1. The minimum absolute atomic E-state index is 0.140. The highest BCUT2D eigenvalue weighted by atomic mass is 16.3. The van der Waals surface area contributed by atoms with E-state index in [1.807, 2.05) is 84.9 Å². The van der Waals surface area contributed by atoms with E-state index in [-0.39, 0.29) is 16.6 Å². The lowest BCUT2D eigenvalue weighted by molar-refractivity contribution is 0.435. The van der Waals surface area contributed by atoms with Gasteiger partial charge in [-0.2, -0.15) is 0 Å². The normalized spacial score (nSPS) is 17.2. The Morgan fingerprint density at radius 3 is 1.81 bits per heavy atom. The SMILES string of the molecule is [2H]C([2H])([2H])C(c1cc(-c2cc(-c3ccccc3)ccn2)cc(-c2cccc3c2NC(c2cc(C(C)(C)C)cc(C(C)(C)C)c2O)N3c2ccc(C(C)(C)C)cc2-c2ccccc2)c1)(C([2H])([2H])[2H])C([2H])([2H])[2H]. The fraction of sp³-hybridized carbons (Fsp3) is 0.293. The number of aromatic hydroxyl groups is 1.